The maximum atomic E-state index is 5.92. The SMILES string of the molecule is CN=C(NCCc1cccs1)NCC1Cc2ccccc2O1. The summed E-state index contributed by atoms with van der Waals surface area (Å²) in [5.41, 5.74) is 1.29. The monoisotopic (exact) mass is 315 g/mol. The van der Waals surface area contributed by atoms with Crippen LogP contribution >= 0.6 is 11.3 Å². The maximum absolute atomic E-state index is 5.92. The molecule has 0 saturated heterocycles. The van der Waals surface area contributed by atoms with Crippen molar-refractivity contribution < 1.29 is 4.74 Å². The van der Waals surface area contributed by atoms with Crippen LogP contribution in [0.5, 0.6) is 5.75 Å². The molecule has 0 saturated carbocycles. The van der Waals surface area contributed by atoms with Gasteiger partial charge in [-0.3, -0.25) is 4.99 Å². The van der Waals surface area contributed by atoms with Gasteiger partial charge < -0.3 is 15.4 Å². The topological polar surface area (TPSA) is 45.7 Å². The van der Waals surface area contributed by atoms with E-state index >= 15 is 0 Å². The van der Waals surface area contributed by atoms with Crippen molar-refractivity contribution >= 4 is 17.3 Å². The molecule has 3 rings (SSSR count). The van der Waals surface area contributed by atoms with Gasteiger partial charge in [0.2, 0.25) is 0 Å². The highest BCUT2D eigenvalue weighted by Crippen LogP contribution is 2.27. The van der Waals surface area contributed by atoms with Crippen molar-refractivity contribution in [1.82, 2.24) is 10.6 Å². The van der Waals surface area contributed by atoms with Gasteiger partial charge in [-0.1, -0.05) is 24.3 Å². The van der Waals surface area contributed by atoms with Crippen LogP contribution in [0.3, 0.4) is 0 Å². The van der Waals surface area contributed by atoms with Crippen LogP contribution in [0.1, 0.15) is 10.4 Å². The highest BCUT2D eigenvalue weighted by molar-refractivity contribution is 7.09. The molecular formula is C17H21N3OS. The molecule has 2 N–H and O–H groups in total. The third kappa shape index (κ3) is 3.80. The van der Waals surface area contributed by atoms with E-state index in [0.29, 0.717) is 0 Å². The fourth-order valence-electron chi connectivity index (χ4n) is 2.56. The van der Waals surface area contributed by atoms with E-state index in [1.807, 2.05) is 12.1 Å². The second kappa shape index (κ2) is 7.31. The van der Waals surface area contributed by atoms with Crippen molar-refractivity contribution in [3.8, 4) is 5.75 Å². The molecule has 5 heteroatoms. The summed E-state index contributed by atoms with van der Waals surface area (Å²) in [5.74, 6) is 1.84. The average Bonchev–Trinajstić information content (AvgIpc) is 3.19. The molecule has 0 spiro atoms. The molecule has 1 unspecified atom stereocenters. The minimum Gasteiger partial charge on any atom is -0.488 e. The van der Waals surface area contributed by atoms with E-state index in [-0.39, 0.29) is 6.10 Å². The molecule has 22 heavy (non-hydrogen) atoms. The molecule has 1 aromatic heterocycles. The molecule has 2 heterocycles. The number of nitrogens with one attached hydrogen (secondary N) is 2. The zero-order valence-electron chi connectivity index (χ0n) is 12.7. The minimum atomic E-state index is 0.174. The first-order chi connectivity index (χ1) is 10.8. The van der Waals surface area contributed by atoms with E-state index < -0.39 is 0 Å². The zero-order chi connectivity index (χ0) is 15.2. The van der Waals surface area contributed by atoms with Crippen molar-refractivity contribution in [1.29, 1.82) is 0 Å². The van der Waals surface area contributed by atoms with Crippen LogP contribution < -0.4 is 15.4 Å². The Morgan fingerprint density at radius 3 is 2.95 bits per heavy atom. The van der Waals surface area contributed by atoms with Gasteiger partial charge in [0.1, 0.15) is 11.9 Å². The standard InChI is InChI=1S/C17H21N3OS/c1-18-17(19-9-8-15-6-4-10-22-15)20-12-14-11-13-5-2-3-7-16(13)21-14/h2-7,10,14H,8-9,11-12H2,1H3,(H2,18,19,20). The summed E-state index contributed by atoms with van der Waals surface area (Å²) in [6.45, 7) is 1.64. The van der Waals surface area contributed by atoms with Crippen LogP contribution in [0.15, 0.2) is 46.8 Å². The molecule has 2 aromatic rings. The molecule has 1 atom stereocenters. The number of aliphatic imine (C=N–C) groups is 1. The first kappa shape index (κ1) is 14.9. The van der Waals surface area contributed by atoms with Gasteiger partial charge in [-0.2, -0.15) is 0 Å². The number of para-hydroxylation sites is 1. The zero-order valence-corrected chi connectivity index (χ0v) is 13.5. The summed E-state index contributed by atoms with van der Waals surface area (Å²) in [5, 5.41) is 8.80. The van der Waals surface area contributed by atoms with Crippen LogP contribution in [0.4, 0.5) is 0 Å². The maximum Gasteiger partial charge on any atom is 0.191 e. The van der Waals surface area contributed by atoms with Crippen LogP contribution in [0.25, 0.3) is 0 Å². The Labute approximate surface area is 135 Å². The highest BCUT2D eigenvalue weighted by atomic mass is 32.1. The van der Waals surface area contributed by atoms with E-state index in [1.165, 1.54) is 10.4 Å². The van der Waals surface area contributed by atoms with E-state index in [4.69, 9.17) is 4.74 Å². The van der Waals surface area contributed by atoms with Gasteiger partial charge in [0.25, 0.3) is 0 Å². The van der Waals surface area contributed by atoms with Crippen molar-refractivity contribution in [2.24, 2.45) is 4.99 Å². The van der Waals surface area contributed by atoms with Crippen LogP contribution in [-0.4, -0.2) is 32.2 Å². The summed E-state index contributed by atoms with van der Waals surface area (Å²) in [6.07, 6.45) is 2.15. The van der Waals surface area contributed by atoms with E-state index in [1.54, 1.807) is 18.4 Å². The van der Waals surface area contributed by atoms with Gasteiger partial charge in [0, 0.05) is 24.9 Å². The van der Waals surface area contributed by atoms with Crippen molar-refractivity contribution in [3.63, 3.8) is 0 Å². The predicted octanol–water partition coefficient (Wildman–Crippen LogP) is 2.46. The Bertz CT molecular complexity index is 600. The predicted molar refractivity (Wildman–Crippen MR) is 91.9 cm³/mol. The number of ether oxygens (including phenoxy) is 1. The summed E-state index contributed by atoms with van der Waals surface area (Å²) in [6, 6.07) is 12.5. The second-order valence-corrected chi connectivity index (χ2v) is 6.29. The average molecular weight is 315 g/mol. The third-order valence-electron chi connectivity index (χ3n) is 3.68. The smallest absolute Gasteiger partial charge is 0.191 e. The number of benzene rings is 1. The molecule has 0 radical (unpaired) electrons. The van der Waals surface area contributed by atoms with Crippen LogP contribution in [0, 0.1) is 0 Å². The molecule has 0 amide bonds. The lowest BCUT2D eigenvalue weighted by Crippen LogP contribution is -2.42. The van der Waals surface area contributed by atoms with Gasteiger partial charge in [-0.15, -0.1) is 11.3 Å². The van der Waals surface area contributed by atoms with Crippen molar-refractivity contribution in [2.75, 3.05) is 20.1 Å². The van der Waals surface area contributed by atoms with Gasteiger partial charge in [-0.25, -0.2) is 0 Å². The number of guanidine groups is 1. The number of hydrogen-bond acceptors (Lipinski definition) is 3. The normalized spacial score (nSPS) is 17.0. The van der Waals surface area contributed by atoms with Crippen molar-refractivity contribution in [2.45, 2.75) is 18.9 Å². The second-order valence-electron chi connectivity index (χ2n) is 5.26. The Hall–Kier alpha value is -2.01. The molecule has 1 aliphatic rings. The summed E-state index contributed by atoms with van der Waals surface area (Å²) < 4.78 is 5.92. The highest BCUT2D eigenvalue weighted by Gasteiger charge is 2.22. The van der Waals surface area contributed by atoms with Gasteiger partial charge in [0.15, 0.2) is 5.96 Å². The Morgan fingerprint density at radius 2 is 2.18 bits per heavy atom. The molecule has 116 valence electrons. The van der Waals surface area contributed by atoms with E-state index in [2.05, 4.69) is 45.3 Å². The molecule has 4 nitrogen and oxygen atoms in total. The first-order valence-electron chi connectivity index (χ1n) is 7.56. The Balaban J connectivity index is 1.40. The lowest BCUT2D eigenvalue weighted by molar-refractivity contribution is 0.235. The minimum absolute atomic E-state index is 0.174. The van der Waals surface area contributed by atoms with Crippen LogP contribution in [-0.2, 0) is 12.8 Å². The number of rotatable bonds is 5. The van der Waals surface area contributed by atoms with E-state index in [9.17, 15) is 0 Å². The molecular weight excluding hydrogens is 294 g/mol. The van der Waals surface area contributed by atoms with Crippen molar-refractivity contribution in [3.05, 3.63) is 52.2 Å². The Morgan fingerprint density at radius 1 is 1.27 bits per heavy atom. The Kier molecular flexibility index (Phi) is 4.96. The van der Waals surface area contributed by atoms with Gasteiger partial charge in [0.05, 0.1) is 6.54 Å². The summed E-state index contributed by atoms with van der Waals surface area (Å²) in [7, 11) is 1.80. The molecule has 1 aliphatic heterocycles. The number of thiophene rings is 1. The number of hydrogen-bond donors (Lipinski definition) is 2. The lowest BCUT2D eigenvalue weighted by Gasteiger charge is -2.15. The number of nitrogens with zero attached hydrogens (tertiary/aromatic N) is 1. The van der Waals surface area contributed by atoms with Crippen LogP contribution in [0.2, 0.25) is 0 Å². The summed E-state index contributed by atoms with van der Waals surface area (Å²) >= 11 is 1.79. The first-order valence-corrected chi connectivity index (χ1v) is 8.44. The fraction of sp³-hybridized carbons (Fsp3) is 0.353. The molecule has 0 aliphatic carbocycles. The van der Waals surface area contributed by atoms with Gasteiger partial charge in [-0.05, 0) is 29.5 Å². The molecule has 0 bridgehead atoms. The lowest BCUT2D eigenvalue weighted by atomic mass is 10.1. The molecule has 0 fully saturated rings. The summed E-state index contributed by atoms with van der Waals surface area (Å²) in [4.78, 5) is 5.65. The third-order valence-corrected chi connectivity index (χ3v) is 4.61. The molecule has 1 aromatic carbocycles. The number of fused-ring (bicyclic) bond motifs is 1. The van der Waals surface area contributed by atoms with Gasteiger partial charge >= 0.3 is 0 Å². The fourth-order valence-corrected chi connectivity index (χ4v) is 3.27. The quantitative estimate of drug-likeness (QED) is 0.658. The van der Waals surface area contributed by atoms with E-state index in [0.717, 1.165) is 37.6 Å². The largest absolute Gasteiger partial charge is 0.488 e.